The zero-order valence-corrected chi connectivity index (χ0v) is 8.74. The van der Waals surface area contributed by atoms with Gasteiger partial charge in [-0.1, -0.05) is 18.2 Å². The first-order valence-corrected chi connectivity index (χ1v) is 5.26. The van der Waals surface area contributed by atoms with Gasteiger partial charge in [0, 0.05) is 5.92 Å². The second-order valence-corrected chi connectivity index (χ2v) is 4.07. The number of benzene rings is 1. The highest BCUT2D eigenvalue weighted by molar-refractivity contribution is 5.45. The molecule has 0 amide bonds. The van der Waals surface area contributed by atoms with E-state index >= 15 is 0 Å². The Labute approximate surface area is 91.0 Å². The Bertz CT molecular complexity index is 421. The molecule has 1 aliphatic carbocycles. The maximum absolute atomic E-state index is 9.00. The average molecular weight is 196 g/mol. The summed E-state index contributed by atoms with van der Waals surface area (Å²) in [5, 5.41) is 9.00. The van der Waals surface area contributed by atoms with E-state index in [1.165, 1.54) is 18.4 Å². The van der Waals surface area contributed by atoms with Crippen LogP contribution in [0.5, 0.6) is 0 Å². The fourth-order valence-corrected chi connectivity index (χ4v) is 1.78. The van der Waals surface area contributed by atoms with Crippen molar-refractivity contribution in [1.82, 2.24) is 0 Å². The summed E-state index contributed by atoms with van der Waals surface area (Å²) in [7, 11) is 0. The van der Waals surface area contributed by atoms with E-state index in [1.807, 2.05) is 18.2 Å². The predicted octanol–water partition coefficient (Wildman–Crippen LogP) is 3.54. The summed E-state index contributed by atoms with van der Waals surface area (Å²) < 4.78 is 0. The summed E-state index contributed by atoms with van der Waals surface area (Å²) in [5.74, 6) is 0.729. The summed E-state index contributed by atoms with van der Waals surface area (Å²) in [6.45, 7) is 7.74. The lowest BCUT2D eigenvalue weighted by atomic mass is 9.94. The number of hydrogen-bond acceptors (Lipinski definition) is 1. The van der Waals surface area contributed by atoms with Crippen LogP contribution in [0.3, 0.4) is 0 Å². The summed E-state index contributed by atoms with van der Waals surface area (Å²) in [6.07, 6.45) is 4.26. The normalized spacial score (nSPS) is 16.8. The Morgan fingerprint density at radius 3 is 2.73 bits per heavy atom. The van der Waals surface area contributed by atoms with Gasteiger partial charge in [-0.2, -0.15) is 5.26 Å². The Morgan fingerprint density at radius 1 is 1.47 bits per heavy atom. The van der Waals surface area contributed by atoms with E-state index in [2.05, 4.69) is 25.6 Å². The second-order valence-electron chi connectivity index (χ2n) is 4.07. The molecule has 0 saturated heterocycles. The van der Waals surface area contributed by atoms with Crippen LogP contribution in [-0.4, -0.2) is 0 Å². The van der Waals surface area contributed by atoms with Crippen molar-refractivity contribution < 1.29 is 0 Å². The smallest absolute Gasteiger partial charge is 0.0994 e. The molecule has 1 nitrogen and oxygen atoms in total. The van der Waals surface area contributed by atoms with Gasteiger partial charge in [0.15, 0.2) is 0 Å². The highest BCUT2D eigenvalue weighted by Crippen LogP contribution is 2.42. The molecule has 1 saturated carbocycles. The van der Waals surface area contributed by atoms with E-state index in [-0.39, 0.29) is 5.92 Å². The van der Waals surface area contributed by atoms with Gasteiger partial charge in [0.2, 0.25) is 0 Å². The first-order valence-electron chi connectivity index (χ1n) is 5.26. The maximum Gasteiger partial charge on any atom is 0.0994 e. The van der Waals surface area contributed by atoms with Crippen LogP contribution in [0.1, 0.15) is 41.4 Å². The highest BCUT2D eigenvalue weighted by atomic mass is 14.3. The third kappa shape index (κ3) is 1.94. The number of nitrogens with zero attached hydrogens (tertiary/aromatic N) is 1. The van der Waals surface area contributed by atoms with E-state index in [0.29, 0.717) is 5.92 Å². The molecule has 1 unspecified atom stereocenters. The molecule has 1 fully saturated rings. The van der Waals surface area contributed by atoms with Crippen molar-refractivity contribution in [2.45, 2.75) is 24.7 Å². The van der Waals surface area contributed by atoms with Crippen molar-refractivity contribution in [3.8, 4) is 6.07 Å². The van der Waals surface area contributed by atoms with Crippen LogP contribution in [0, 0.1) is 18.3 Å². The van der Waals surface area contributed by atoms with Crippen molar-refractivity contribution in [2.75, 3.05) is 0 Å². The summed E-state index contributed by atoms with van der Waals surface area (Å²) in [4.78, 5) is 0. The third-order valence-corrected chi connectivity index (χ3v) is 2.93. The molecule has 1 radical (unpaired) electrons. The molecular formula is C14H14N. The fourth-order valence-electron chi connectivity index (χ4n) is 1.78. The van der Waals surface area contributed by atoms with Gasteiger partial charge in [-0.05, 0) is 42.9 Å². The zero-order chi connectivity index (χ0) is 10.8. The zero-order valence-electron chi connectivity index (χ0n) is 8.74. The molecule has 0 aliphatic heterocycles. The molecule has 1 atom stereocenters. The van der Waals surface area contributed by atoms with E-state index in [9.17, 15) is 0 Å². The highest BCUT2D eigenvalue weighted by Gasteiger charge is 2.26. The second kappa shape index (κ2) is 3.90. The molecule has 0 spiro atoms. The average Bonchev–Trinajstić information content (AvgIpc) is 3.11. The molecule has 1 heteroatoms. The van der Waals surface area contributed by atoms with Crippen molar-refractivity contribution in [3.63, 3.8) is 0 Å². The predicted molar refractivity (Wildman–Crippen MR) is 61.4 cm³/mol. The standard InChI is InChI=1S/C14H14N/c1-3-10(2)12-6-7-13(9-15)14(8-12)11-4-5-11/h3,6-8,10-11H,1-2,4-5H2. The minimum atomic E-state index is 0.121. The lowest BCUT2D eigenvalue weighted by molar-refractivity contribution is 1.04. The monoisotopic (exact) mass is 196 g/mol. The van der Waals surface area contributed by atoms with Crippen LogP contribution in [0.25, 0.3) is 0 Å². The Morgan fingerprint density at radius 2 is 2.20 bits per heavy atom. The SMILES string of the molecule is [CH2]C(C=C)c1ccc(C#N)c(C2CC2)c1. The molecule has 75 valence electrons. The number of rotatable bonds is 3. The quantitative estimate of drug-likeness (QED) is 0.678. The lowest BCUT2D eigenvalue weighted by Gasteiger charge is -2.09. The Kier molecular flexibility index (Phi) is 2.60. The van der Waals surface area contributed by atoms with Gasteiger partial charge in [-0.15, -0.1) is 6.58 Å². The Hall–Kier alpha value is -1.55. The van der Waals surface area contributed by atoms with Gasteiger partial charge in [0.25, 0.3) is 0 Å². The molecule has 1 aromatic rings. The lowest BCUT2D eigenvalue weighted by Crippen LogP contribution is -1.94. The van der Waals surface area contributed by atoms with E-state index in [1.54, 1.807) is 0 Å². The summed E-state index contributed by atoms with van der Waals surface area (Å²) >= 11 is 0. The van der Waals surface area contributed by atoms with Crippen LogP contribution in [-0.2, 0) is 0 Å². The Balaban J connectivity index is 2.41. The topological polar surface area (TPSA) is 23.8 Å². The first kappa shape index (κ1) is 9.98. The van der Waals surface area contributed by atoms with E-state index in [4.69, 9.17) is 5.26 Å². The van der Waals surface area contributed by atoms with Crippen molar-refractivity contribution >= 4 is 0 Å². The molecule has 1 aromatic carbocycles. The molecule has 15 heavy (non-hydrogen) atoms. The number of nitriles is 1. The number of hydrogen-bond donors (Lipinski definition) is 0. The molecule has 0 N–H and O–H groups in total. The minimum Gasteiger partial charge on any atom is -0.192 e. The van der Waals surface area contributed by atoms with Crippen molar-refractivity contribution in [2.24, 2.45) is 0 Å². The molecule has 0 bridgehead atoms. The van der Waals surface area contributed by atoms with Gasteiger partial charge in [0.05, 0.1) is 11.6 Å². The largest absolute Gasteiger partial charge is 0.192 e. The fraction of sp³-hybridized carbons (Fsp3) is 0.286. The molecule has 2 rings (SSSR count). The van der Waals surface area contributed by atoms with Crippen LogP contribution in [0.2, 0.25) is 0 Å². The molecule has 0 heterocycles. The maximum atomic E-state index is 9.00. The molecule has 0 aromatic heterocycles. The van der Waals surface area contributed by atoms with E-state index < -0.39 is 0 Å². The third-order valence-electron chi connectivity index (χ3n) is 2.93. The molecular weight excluding hydrogens is 182 g/mol. The minimum absolute atomic E-state index is 0.121. The van der Waals surface area contributed by atoms with Crippen LogP contribution < -0.4 is 0 Å². The van der Waals surface area contributed by atoms with Gasteiger partial charge in [0.1, 0.15) is 0 Å². The van der Waals surface area contributed by atoms with Crippen LogP contribution >= 0.6 is 0 Å². The van der Waals surface area contributed by atoms with Crippen molar-refractivity contribution in [1.29, 1.82) is 5.26 Å². The van der Waals surface area contributed by atoms with Crippen LogP contribution in [0.4, 0.5) is 0 Å². The molecule has 1 aliphatic rings. The van der Waals surface area contributed by atoms with Gasteiger partial charge >= 0.3 is 0 Å². The van der Waals surface area contributed by atoms with Gasteiger partial charge in [-0.25, -0.2) is 0 Å². The summed E-state index contributed by atoms with van der Waals surface area (Å²) in [6, 6.07) is 8.26. The van der Waals surface area contributed by atoms with Crippen LogP contribution in [0.15, 0.2) is 30.9 Å². The first-order chi connectivity index (χ1) is 7.26. The number of allylic oxidation sites excluding steroid dienone is 1. The van der Waals surface area contributed by atoms with E-state index in [0.717, 1.165) is 11.1 Å². The van der Waals surface area contributed by atoms with Gasteiger partial charge < -0.3 is 0 Å². The summed E-state index contributed by atoms with van der Waals surface area (Å²) in [5.41, 5.74) is 3.17. The van der Waals surface area contributed by atoms with Gasteiger partial charge in [-0.3, -0.25) is 0 Å². The van der Waals surface area contributed by atoms with Crippen molar-refractivity contribution in [3.05, 3.63) is 54.5 Å².